The predicted molar refractivity (Wildman–Crippen MR) is 93.4 cm³/mol. The average molecular weight is 357 g/mol. The fraction of sp³-hybridized carbons (Fsp3) is 0.316. The third kappa shape index (κ3) is 3.99. The molecule has 1 fully saturated rings. The fourth-order valence-corrected chi connectivity index (χ4v) is 2.94. The van der Waals surface area contributed by atoms with Crippen LogP contribution in [0.15, 0.2) is 36.5 Å². The van der Waals surface area contributed by atoms with E-state index in [0.29, 0.717) is 30.0 Å². The lowest BCUT2D eigenvalue weighted by Gasteiger charge is -2.33. The molecule has 1 unspecified atom stereocenters. The van der Waals surface area contributed by atoms with Crippen molar-refractivity contribution in [3.8, 4) is 5.75 Å². The van der Waals surface area contributed by atoms with Gasteiger partial charge in [-0.25, -0.2) is 4.39 Å². The topological polar surface area (TPSA) is 85.5 Å². The smallest absolute Gasteiger partial charge is 0.267 e. The Hall–Kier alpha value is -2.96. The van der Waals surface area contributed by atoms with Crippen LogP contribution in [0, 0.1) is 12.7 Å². The summed E-state index contributed by atoms with van der Waals surface area (Å²) in [4.78, 5) is 29.4. The molecule has 0 bridgehead atoms. The monoisotopic (exact) mass is 357 g/mol. The molecule has 1 aromatic heterocycles. The van der Waals surface area contributed by atoms with Gasteiger partial charge in [-0.3, -0.25) is 14.6 Å². The molecule has 136 valence electrons. The second-order valence-corrected chi connectivity index (χ2v) is 6.34. The van der Waals surface area contributed by atoms with E-state index in [9.17, 15) is 14.0 Å². The van der Waals surface area contributed by atoms with Gasteiger partial charge >= 0.3 is 0 Å². The number of rotatable bonds is 4. The van der Waals surface area contributed by atoms with Gasteiger partial charge in [-0.1, -0.05) is 6.07 Å². The molecular weight excluding hydrogens is 337 g/mol. The van der Waals surface area contributed by atoms with Gasteiger partial charge in [-0.2, -0.15) is 0 Å². The highest BCUT2D eigenvalue weighted by Crippen LogP contribution is 2.21. The van der Waals surface area contributed by atoms with E-state index in [1.54, 1.807) is 30.0 Å². The third-order valence-electron chi connectivity index (χ3n) is 4.37. The largest absolute Gasteiger partial charge is 0.488 e. The van der Waals surface area contributed by atoms with Crippen molar-refractivity contribution in [1.82, 2.24) is 9.88 Å². The number of pyridine rings is 1. The molecule has 1 atom stereocenters. The highest BCUT2D eigenvalue weighted by atomic mass is 19.1. The average Bonchev–Trinajstić information content (AvgIpc) is 2.64. The number of hydrogen-bond donors (Lipinski definition) is 1. The molecule has 2 N–H and O–H groups in total. The summed E-state index contributed by atoms with van der Waals surface area (Å²) in [5.74, 6) is -0.757. The Labute approximate surface area is 150 Å². The highest BCUT2D eigenvalue weighted by Gasteiger charge is 2.26. The first-order valence-corrected chi connectivity index (χ1v) is 8.42. The van der Waals surface area contributed by atoms with E-state index >= 15 is 0 Å². The van der Waals surface area contributed by atoms with Crippen LogP contribution in [0.5, 0.6) is 5.75 Å². The summed E-state index contributed by atoms with van der Waals surface area (Å²) in [7, 11) is 0. The molecule has 0 saturated carbocycles. The van der Waals surface area contributed by atoms with E-state index in [-0.39, 0.29) is 17.7 Å². The number of carbonyl (C=O) groups is 2. The number of benzene rings is 1. The van der Waals surface area contributed by atoms with Crippen LogP contribution in [0.25, 0.3) is 0 Å². The lowest BCUT2D eigenvalue weighted by molar-refractivity contribution is 0.0537. The van der Waals surface area contributed by atoms with Gasteiger partial charge in [-0.05, 0) is 43.5 Å². The molecule has 0 spiro atoms. The van der Waals surface area contributed by atoms with Gasteiger partial charge in [-0.15, -0.1) is 0 Å². The van der Waals surface area contributed by atoms with Crippen LogP contribution >= 0.6 is 0 Å². The number of piperidine rings is 1. The number of aromatic nitrogens is 1. The van der Waals surface area contributed by atoms with Crippen molar-refractivity contribution in [2.75, 3.05) is 13.1 Å². The fourth-order valence-electron chi connectivity index (χ4n) is 2.94. The van der Waals surface area contributed by atoms with Crippen molar-refractivity contribution in [3.05, 3.63) is 59.2 Å². The first-order chi connectivity index (χ1) is 12.4. The van der Waals surface area contributed by atoms with E-state index in [1.165, 1.54) is 18.3 Å². The molecule has 2 aromatic rings. The zero-order valence-corrected chi connectivity index (χ0v) is 14.4. The number of aryl methyl sites for hydroxylation is 1. The molecule has 1 aliphatic heterocycles. The number of carbonyl (C=O) groups excluding carboxylic acids is 2. The van der Waals surface area contributed by atoms with Crippen LogP contribution in [-0.2, 0) is 0 Å². The van der Waals surface area contributed by atoms with E-state index < -0.39 is 11.7 Å². The van der Waals surface area contributed by atoms with E-state index in [4.69, 9.17) is 10.5 Å². The number of likely N-dealkylation sites (tertiary alicyclic amines) is 1. The molecule has 1 aromatic carbocycles. The zero-order valence-electron chi connectivity index (χ0n) is 14.4. The Morgan fingerprint density at radius 3 is 2.85 bits per heavy atom. The molecule has 6 nitrogen and oxygen atoms in total. The van der Waals surface area contributed by atoms with Crippen molar-refractivity contribution < 1.29 is 18.7 Å². The van der Waals surface area contributed by atoms with E-state index in [0.717, 1.165) is 12.8 Å². The second kappa shape index (κ2) is 7.51. The van der Waals surface area contributed by atoms with Gasteiger partial charge in [0, 0.05) is 24.4 Å². The normalized spacial score (nSPS) is 17.0. The summed E-state index contributed by atoms with van der Waals surface area (Å²) in [5, 5.41) is 0. The maximum absolute atomic E-state index is 13.7. The Morgan fingerprint density at radius 1 is 1.31 bits per heavy atom. The Bertz CT molecular complexity index is 841. The summed E-state index contributed by atoms with van der Waals surface area (Å²) in [6.45, 7) is 2.64. The van der Waals surface area contributed by atoms with Gasteiger partial charge in [0.25, 0.3) is 11.8 Å². The predicted octanol–water partition coefficient (Wildman–Crippen LogP) is 2.31. The lowest BCUT2D eigenvalue weighted by Crippen LogP contribution is -2.44. The molecule has 2 amide bonds. The number of amides is 2. The molecule has 7 heteroatoms. The Kier molecular flexibility index (Phi) is 5.16. The quantitative estimate of drug-likeness (QED) is 0.910. The van der Waals surface area contributed by atoms with Crippen LogP contribution in [0.4, 0.5) is 4.39 Å². The van der Waals surface area contributed by atoms with Crippen molar-refractivity contribution in [2.45, 2.75) is 25.9 Å². The van der Waals surface area contributed by atoms with Gasteiger partial charge in [0.15, 0.2) is 0 Å². The Balaban J connectivity index is 1.69. The number of ether oxygens (including phenoxy) is 1. The number of nitrogens with two attached hydrogens (primary N) is 1. The summed E-state index contributed by atoms with van der Waals surface area (Å²) >= 11 is 0. The van der Waals surface area contributed by atoms with Gasteiger partial charge < -0.3 is 15.4 Å². The molecular formula is C19H20FN3O3. The molecule has 3 rings (SSSR count). The van der Waals surface area contributed by atoms with Crippen LogP contribution in [0.2, 0.25) is 0 Å². The van der Waals surface area contributed by atoms with Crippen LogP contribution in [-0.4, -0.2) is 40.9 Å². The number of nitrogens with zero attached hydrogens (tertiary/aromatic N) is 2. The zero-order chi connectivity index (χ0) is 18.7. The van der Waals surface area contributed by atoms with Crippen LogP contribution in [0.3, 0.4) is 0 Å². The summed E-state index contributed by atoms with van der Waals surface area (Å²) in [5.41, 5.74) is 6.18. The van der Waals surface area contributed by atoms with Crippen molar-refractivity contribution >= 4 is 11.8 Å². The lowest BCUT2D eigenvalue weighted by atomic mass is 10.1. The number of halogens is 1. The third-order valence-corrected chi connectivity index (χ3v) is 4.37. The standard InChI is InChI=1S/C19H20FN3O3/c1-12-4-5-13(9-16(12)20)19(25)23-8-2-3-15(11-23)26-14-6-7-22-17(10-14)18(21)24/h4-7,9-10,15H,2-3,8,11H2,1H3,(H2,21,24). The molecule has 0 radical (unpaired) electrons. The van der Waals surface area contributed by atoms with Gasteiger partial charge in [0.05, 0.1) is 6.54 Å². The molecule has 26 heavy (non-hydrogen) atoms. The molecule has 0 aliphatic carbocycles. The minimum Gasteiger partial charge on any atom is -0.488 e. The number of primary amides is 1. The van der Waals surface area contributed by atoms with Crippen LogP contribution in [0.1, 0.15) is 39.3 Å². The number of hydrogen-bond acceptors (Lipinski definition) is 4. The van der Waals surface area contributed by atoms with Crippen molar-refractivity contribution in [2.24, 2.45) is 5.73 Å². The summed E-state index contributed by atoms with van der Waals surface area (Å²) in [6, 6.07) is 7.63. The minimum atomic E-state index is -0.628. The SMILES string of the molecule is Cc1ccc(C(=O)N2CCCC(Oc3ccnc(C(N)=O)c3)C2)cc1F. The summed E-state index contributed by atoms with van der Waals surface area (Å²) in [6.07, 6.45) is 2.79. The maximum atomic E-state index is 13.7. The van der Waals surface area contributed by atoms with Gasteiger partial charge in [0.2, 0.25) is 0 Å². The molecule has 1 aliphatic rings. The molecule has 1 saturated heterocycles. The Morgan fingerprint density at radius 2 is 2.12 bits per heavy atom. The highest BCUT2D eigenvalue weighted by molar-refractivity contribution is 5.94. The second-order valence-electron chi connectivity index (χ2n) is 6.34. The first-order valence-electron chi connectivity index (χ1n) is 8.42. The first kappa shape index (κ1) is 17.8. The van der Waals surface area contributed by atoms with E-state index in [2.05, 4.69) is 4.98 Å². The van der Waals surface area contributed by atoms with Crippen molar-refractivity contribution in [3.63, 3.8) is 0 Å². The van der Waals surface area contributed by atoms with Crippen LogP contribution < -0.4 is 10.5 Å². The summed E-state index contributed by atoms with van der Waals surface area (Å²) < 4.78 is 19.6. The molecule has 2 heterocycles. The van der Waals surface area contributed by atoms with E-state index in [1.807, 2.05) is 0 Å². The minimum absolute atomic E-state index is 0.126. The maximum Gasteiger partial charge on any atom is 0.267 e. The van der Waals surface area contributed by atoms with Gasteiger partial charge in [0.1, 0.15) is 23.4 Å². The van der Waals surface area contributed by atoms with Crippen molar-refractivity contribution in [1.29, 1.82) is 0 Å².